The second kappa shape index (κ2) is 7.51. The van der Waals surface area contributed by atoms with Crippen molar-refractivity contribution in [2.24, 2.45) is 0 Å². The molecule has 0 saturated carbocycles. The van der Waals surface area contributed by atoms with Gasteiger partial charge in [-0.2, -0.15) is 0 Å². The molecule has 27 heavy (non-hydrogen) atoms. The number of carbonyl (C=O) groups excluding carboxylic acids is 1. The summed E-state index contributed by atoms with van der Waals surface area (Å²) < 4.78 is 16.4. The van der Waals surface area contributed by atoms with Crippen LogP contribution >= 0.6 is 0 Å². The van der Waals surface area contributed by atoms with E-state index in [0.29, 0.717) is 18.7 Å². The van der Waals surface area contributed by atoms with Gasteiger partial charge in [0.05, 0.1) is 16.7 Å². The molecule has 1 saturated heterocycles. The van der Waals surface area contributed by atoms with Crippen LogP contribution in [0.1, 0.15) is 44.3 Å². The Labute approximate surface area is 158 Å². The average Bonchev–Trinajstić information content (AvgIpc) is 3.23. The molecule has 0 bridgehead atoms. The molecule has 4 rings (SSSR count). The van der Waals surface area contributed by atoms with Crippen LogP contribution in [0.5, 0.6) is 0 Å². The smallest absolute Gasteiger partial charge is 0.227 e. The van der Waals surface area contributed by atoms with Gasteiger partial charge in [-0.05, 0) is 30.7 Å². The van der Waals surface area contributed by atoms with E-state index in [4.69, 9.17) is 4.98 Å². The molecule has 3 aromatic rings. The van der Waals surface area contributed by atoms with E-state index in [1.54, 1.807) is 23.1 Å². The number of halogens is 1. The Balaban J connectivity index is 1.67. The molecule has 0 unspecified atom stereocenters. The zero-order valence-corrected chi connectivity index (χ0v) is 15.6. The first kappa shape index (κ1) is 17.7. The number of carbonyl (C=O) groups is 1. The standard InChI is InChI=1S/C22H24FN3O/c1-2-3-8-13-25-20-12-7-5-10-18(20)24-22(25)16-14-21(27)26(15-16)19-11-6-4-9-17(19)23/h4-7,9-12,16H,2-3,8,13-15H2,1H3/t16-/m1/s1. The molecule has 0 spiro atoms. The van der Waals surface area contributed by atoms with Crippen molar-refractivity contribution in [1.29, 1.82) is 0 Å². The maximum Gasteiger partial charge on any atom is 0.227 e. The first-order valence-corrected chi connectivity index (χ1v) is 9.69. The van der Waals surface area contributed by atoms with Crippen LogP contribution in [0.25, 0.3) is 11.0 Å². The minimum atomic E-state index is -0.358. The fourth-order valence-corrected chi connectivity index (χ4v) is 3.94. The van der Waals surface area contributed by atoms with Crippen LogP contribution < -0.4 is 4.90 Å². The molecule has 1 atom stereocenters. The second-order valence-electron chi connectivity index (χ2n) is 7.17. The third kappa shape index (κ3) is 3.34. The molecule has 1 amide bonds. The fourth-order valence-electron chi connectivity index (χ4n) is 3.94. The summed E-state index contributed by atoms with van der Waals surface area (Å²) in [6.07, 6.45) is 3.77. The molecule has 1 aliphatic rings. The van der Waals surface area contributed by atoms with Gasteiger partial charge in [0, 0.05) is 25.4 Å². The molecule has 4 nitrogen and oxygen atoms in total. The maximum absolute atomic E-state index is 14.2. The summed E-state index contributed by atoms with van der Waals surface area (Å²) in [5.74, 6) is 0.519. The van der Waals surface area contributed by atoms with E-state index in [-0.39, 0.29) is 17.6 Å². The molecule has 1 aromatic heterocycles. The van der Waals surface area contributed by atoms with Gasteiger partial charge in [-0.15, -0.1) is 0 Å². The van der Waals surface area contributed by atoms with Crippen LogP contribution in [0.2, 0.25) is 0 Å². The van der Waals surface area contributed by atoms with Crippen LogP contribution in [-0.2, 0) is 11.3 Å². The van der Waals surface area contributed by atoms with E-state index in [2.05, 4.69) is 17.6 Å². The topological polar surface area (TPSA) is 38.1 Å². The van der Waals surface area contributed by atoms with E-state index < -0.39 is 0 Å². The van der Waals surface area contributed by atoms with Crippen LogP contribution in [0, 0.1) is 5.82 Å². The summed E-state index contributed by atoms with van der Waals surface area (Å²) in [7, 11) is 0. The Bertz CT molecular complexity index is 965. The van der Waals surface area contributed by atoms with Gasteiger partial charge in [0.2, 0.25) is 5.91 Å². The normalized spacial score (nSPS) is 17.2. The zero-order chi connectivity index (χ0) is 18.8. The second-order valence-corrected chi connectivity index (χ2v) is 7.17. The summed E-state index contributed by atoms with van der Waals surface area (Å²) in [5, 5.41) is 0. The molecule has 5 heteroatoms. The number of imidazole rings is 1. The van der Waals surface area contributed by atoms with Gasteiger partial charge in [0.1, 0.15) is 11.6 Å². The Morgan fingerprint density at radius 2 is 1.89 bits per heavy atom. The fraction of sp³-hybridized carbons (Fsp3) is 0.364. The van der Waals surface area contributed by atoms with Gasteiger partial charge in [-0.3, -0.25) is 4.79 Å². The lowest BCUT2D eigenvalue weighted by Gasteiger charge is -2.18. The molecular weight excluding hydrogens is 341 g/mol. The summed E-state index contributed by atoms with van der Waals surface area (Å²) in [6, 6.07) is 14.6. The van der Waals surface area contributed by atoms with Crippen molar-refractivity contribution < 1.29 is 9.18 Å². The Morgan fingerprint density at radius 3 is 2.70 bits per heavy atom. The Kier molecular flexibility index (Phi) is 4.92. The summed E-state index contributed by atoms with van der Waals surface area (Å²) in [4.78, 5) is 19.0. The van der Waals surface area contributed by atoms with Crippen LogP contribution in [0.3, 0.4) is 0 Å². The molecule has 140 valence electrons. The summed E-state index contributed by atoms with van der Waals surface area (Å²) in [6.45, 7) is 3.56. The first-order valence-electron chi connectivity index (χ1n) is 9.69. The largest absolute Gasteiger partial charge is 0.328 e. The highest BCUT2D eigenvalue weighted by Gasteiger charge is 2.35. The van der Waals surface area contributed by atoms with Crippen molar-refractivity contribution in [3.63, 3.8) is 0 Å². The molecule has 0 radical (unpaired) electrons. The van der Waals surface area contributed by atoms with E-state index in [1.165, 1.54) is 6.07 Å². The number of anilines is 1. The highest BCUT2D eigenvalue weighted by Crippen LogP contribution is 2.34. The van der Waals surface area contributed by atoms with Gasteiger partial charge >= 0.3 is 0 Å². The van der Waals surface area contributed by atoms with Crippen molar-refractivity contribution in [1.82, 2.24) is 9.55 Å². The van der Waals surface area contributed by atoms with Gasteiger partial charge in [-0.1, -0.05) is 44.0 Å². The molecule has 0 N–H and O–H groups in total. The molecule has 1 aliphatic heterocycles. The van der Waals surface area contributed by atoms with Crippen molar-refractivity contribution in [2.45, 2.75) is 45.1 Å². The predicted molar refractivity (Wildman–Crippen MR) is 105 cm³/mol. The number of amides is 1. The highest BCUT2D eigenvalue weighted by molar-refractivity contribution is 5.96. The van der Waals surface area contributed by atoms with Crippen LogP contribution in [-0.4, -0.2) is 22.0 Å². The molecule has 0 aliphatic carbocycles. The Morgan fingerprint density at radius 1 is 1.11 bits per heavy atom. The molecule has 2 aromatic carbocycles. The maximum atomic E-state index is 14.2. The number of fused-ring (bicyclic) bond motifs is 1. The predicted octanol–water partition coefficient (Wildman–Crippen LogP) is 4.89. The molecule has 2 heterocycles. The van der Waals surface area contributed by atoms with Crippen molar-refractivity contribution in [3.05, 3.63) is 60.2 Å². The summed E-state index contributed by atoms with van der Waals surface area (Å²) >= 11 is 0. The number of nitrogens with zero attached hydrogens (tertiary/aromatic N) is 3. The number of hydrogen-bond acceptors (Lipinski definition) is 2. The number of benzene rings is 2. The number of para-hydroxylation sites is 3. The number of aromatic nitrogens is 2. The van der Waals surface area contributed by atoms with Crippen molar-refractivity contribution in [2.75, 3.05) is 11.4 Å². The number of unbranched alkanes of at least 4 members (excludes halogenated alkanes) is 2. The average molecular weight is 365 g/mol. The van der Waals surface area contributed by atoms with Crippen LogP contribution in [0.15, 0.2) is 48.5 Å². The highest BCUT2D eigenvalue weighted by atomic mass is 19.1. The number of rotatable bonds is 6. The van der Waals surface area contributed by atoms with Crippen molar-refractivity contribution >= 4 is 22.6 Å². The third-order valence-electron chi connectivity index (χ3n) is 5.30. The lowest BCUT2D eigenvalue weighted by atomic mass is 10.1. The SMILES string of the molecule is CCCCCn1c([C@@H]2CC(=O)N(c3ccccc3F)C2)nc2ccccc21. The Hall–Kier alpha value is -2.69. The molecule has 1 fully saturated rings. The van der Waals surface area contributed by atoms with E-state index in [9.17, 15) is 9.18 Å². The van der Waals surface area contributed by atoms with Gasteiger partial charge in [-0.25, -0.2) is 9.37 Å². The van der Waals surface area contributed by atoms with Gasteiger partial charge in [0.25, 0.3) is 0 Å². The van der Waals surface area contributed by atoms with Gasteiger partial charge < -0.3 is 9.47 Å². The monoisotopic (exact) mass is 365 g/mol. The minimum absolute atomic E-state index is 0.0221. The van der Waals surface area contributed by atoms with Crippen LogP contribution in [0.4, 0.5) is 10.1 Å². The third-order valence-corrected chi connectivity index (χ3v) is 5.30. The number of aryl methyl sites for hydroxylation is 1. The summed E-state index contributed by atoms with van der Waals surface area (Å²) in [5.41, 5.74) is 2.43. The minimum Gasteiger partial charge on any atom is -0.328 e. The van der Waals surface area contributed by atoms with Gasteiger partial charge in [0.15, 0.2) is 0 Å². The molecular formula is C22H24FN3O. The van der Waals surface area contributed by atoms with E-state index in [0.717, 1.165) is 42.7 Å². The van der Waals surface area contributed by atoms with E-state index >= 15 is 0 Å². The van der Waals surface area contributed by atoms with Crippen molar-refractivity contribution in [3.8, 4) is 0 Å². The lowest BCUT2D eigenvalue weighted by molar-refractivity contribution is -0.117. The quantitative estimate of drug-likeness (QED) is 0.584. The first-order chi connectivity index (χ1) is 13.2. The lowest BCUT2D eigenvalue weighted by Crippen LogP contribution is -2.25. The van der Waals surface area contributed by atoms with E-state index in [1.807, 2.05) is 18.2 Å². The zero-order valence-electron chi connectivity index (χ0n) is 15.6. The number of hydrogen-bond donors (Lipinski definition) is 0.